The maximum absolute atomic E-state index is 11.2. The third-order valence-electron chi connectivity index (χ3n) is 4.14. The van der Waals surface area contributed by atoms with Crippen LogP contribution in [0.5, 0.6) is 0 Å². The van der Waals surface area contributed by atoms with Gasteiger partial charge in [0, 0.05) is 30.9 Å². The highest BCUT2D eigenvalue weighted by atomic mass is 16.6. The van der Waals surface area contributed by atoms with Gasteiger partial charge >= 0.3 is 5.69 Å². The summed E-state index contributed by atoms with van der Waals surface area (Å²) >= 11 is 0. The zero-order valence-electron chi connectivity index (χ0n) is 12.1. The van der Waals surface area contributed by atoms with E-state index in [2.05, 4.69) is 11.9 Å². The topological polar surface area (TPSA) is 85.3 Å². The summed E-state index contributed by atoms with van der Waals surface area (Å²) in [5, 5.41) is 11.2. The first kappa shape index (κ1) is 14.7. The molecule has 2 N–H and O–H groups in total. The predicted octanol–water partition coefficient (Wildman–Crippen LogP) is 2.25. The average Bonchev–Trinajstić information content (AvgIpc) is 2.46. The molecule has 6 heteroatoms. The molecule has 110 valence electrons. The van der Waals surface area contributed by atoms with Crippen molar-refractivity contribution in [1.82, 2.24) is 4.98 Å². The maximum atomic E-state index is 11.2. The Labute approximate surface area is 119 Å². The summed E-state index contributed by atoms with van der Waals surface area (Å²) in [6, 6.07) is 3.36. The van der Waals surface area contributed by atoms with Crippen molar-refractivity contribution in [2.24, 2.45) is 11.7 Å². The van der Waals surface area contributed by atoms with Crippen LogP contribution in [0.3, 0.4) is 0 Å². The minimum Gasteiger partial charge on any atom is -0.347 e. The van der Waals surface area contributed by atoms with E-state index in [-0.39, 0.29) is 16.7 Å². The number of anilines is 1. The molecule has 1 saturated heterocycles. The van der Waals surface area contributed by atoms with Gasteiger partial charge in [0.1, 0.15) is 0 Å². The van der Waals surface area contributed by atoms with Crippen molar-refractivity contribution in [2.75, 3.05) is 18.0 Å². The fourth-order valence-corrected chi connectivity index (χ4v) is 2.90. The van der Waals surface area contributed by atoms with E-state index < -0.39 is 0 Å². The van der Waals surface area contributed by atoms with E-state index in [1.807, 2.05) is 11.8 Å². The van der Waals surface area contributed by atoms with Gasteiger partial charge in [-0.3, -0.25) is 10.1 Å². The first-order valence-electron chi connectivity index (χ1n) is 7.15. The van der Waals surface area contributed by atoms with E-state index in [1.54, 1.807) is 6.07 Å². The number of hydrogen-bond donors (Lipinski definition) is 1. The Morgan fingerprint density at radius 2 is 2.30 bits per heavy atom. The summed E-state index contributed by atoms with van der Waals surface area (Å²) < 4.78 is 0. The van der Waals surface area contributed by atoms with E-state index in [1.165, 1.54) is 6.07 Å². The van der Waals surface area contributed by atoms with Crippen LogP contribution in [-0.4, -0.2) is 29.0 Å². The molecule has 0 spiro atoms. The Bertz CT molecular complexity index is 492. The summed E-state index contributed by atoms with van der Waals surface area (Å²) in [6.07, 6.45) is 3.16. The number of piperidine rings is 1. The lowest BCUT2D eigenvalue weighted by atomic mass is 9.89. The highest BCUT2D eigenvalue weighted by molar-refractivity contribution is 5.59. The van der Waals surface area contributed by atoms with Gasteiger partial charge in [0.05, 0.1) is 4.92 Å². The second kappa shape index (κ2) is 6.17. The first-order valence-corrected chi connectivity index (χ1v) is 7.15. The summed E-state index contributed by atoms with van der Waals surface area (Å²) in [7, 11) is 0. The van der Waals surface area contributed by atoms with Gasteiger partial charge in [-0.1, -0.05) is 13.3 Å². The van der Waals surface area contributed by atoms with Crippen molar-refractivity contribution >= 4 is 11.5 Å². The molecule has 0 aromatic carbocycles. The van der Waals surface area contributed by atoms with Gasteiger partial charge in [-0.15, -0.1) is 0 Å². The lowest BCUT2D eigenvalue weighted by molar-refractivity contribution is -0.384. The molecule has 2 unspecified atom stereocenters. The molecular weight excluding hydrogens is 256 g/mol. The van der Waals surface area contributed by atoms with Crippen LogP contribution in [0.15, 0.2) is 12.1 Å². The molecule has 2 atom stereocenters. The Kier molecular flexibility index (Phi) is 4.54. The molecule has 1 aromatic heterocycles. The molecule has 6 nitrogen and oxygen atoms in total. The minimum absolute atomic E-state index is 0.0731. The van der Waals surface area contributed by atoms with Crippen LogP contribution in [0.2, 0.25) is 0 Å². The number of aryl methyl sites for hydroxylation is 1. The van der Waals surface area contributed by atoms with E-state index in [0.717, 1.165) is 31.5 Å². The molecule has 2 rings (SSSR count). The van der Waals surface area contributed by atoms with Crippen molar-refractivity contribution in [1.29, 1.82) is 0 Å². The van der Waals surface area contributed by atoms with Crippen LogP contribution in [0.1, 0.15) is 31.9 Å². The Morgan fingerprint density at radius 1 is 1.55 bits per heavy atom. The largest absolute Gasteiger partial charge is 0.347 e. The van der Waals surface area contributed by atoms with Crippen molar-refractivity contribution in [2.45, 2.75) is 39.2 Å². The summed E-state index contributed by atoms with van der Waals surface area (Å²) in [5.41, 5.74) is 6.74. The van der Waals surface area contributed by atoms with Crippen molar-refractivity contribution in [3.8, 4) is 0 Å². The average molecular weight is 278 g/mol. The molecule has 0 saturated carbocycles. The third-order valence-corrected chi connectivity index (χ3v) is 4.14. The van der Waals surface area contributed by atoms with Crippen LogP contribution in [0, 0.1) is 23.0 Å². The molecule has 20 heavy (non-hydrogen) atoms. The molecule has 2 heterocycles. The van der Waals surface area contributed by atoms with E-state index in [0.29, 0.717) is 18.3 Å². The van der Waals surface area contributed by atoms with E-state index in [4.69, 9.17) is 5.73 Å². The van der Waals surface area contributed by atoms with E-state index >= 15 is 0 Å². The normalized spacial score (nSPS) is 22.9. The molecule has 0 bridgehead atoms. The Balaban J connectivity index is 2.34. The molecule has 0 amide bonds. The molecule has 1 aliphatic rings. The third kappa shape index (κ3) is 2.90. The Hall–Kier alpha value is -1.69. The number of nitro groups is 1. The first-order chi connectivity index (χ1) is 9.56. The molecule has 0 aliphatic carbocycles. The number of nitrogens with two attached hydrogens (primary N) is 1. The lowest BCUT2D eigenvalue weighted by Gasteiger charge is -2.39. The quantitative estimate of drug-likeness (QED) is 0.674. The molecule has 0 radical (unpaired) electrons. The predicted molar refractivity (Wildman–Crippen MR) is 78.8 cm³/mol. The second-order valence-electron chi connectivity index (χ2n) is 5.43. The highest BCUT2D eigenvalue weighted by Crippen LogP contribution is 2.33. The van der Waals surface area contributed by atoms with Gasteiger partial charge in [-0.2, -0.15) is 0 Å². The molecule has 1 fully saturated rings. The smallest absolute Gasteiger partial charge is 0.311 e. The van der Waals surface area contributed by atoms with Crippen LogP contribution in [0.4, 0.5) is 11.5 Å². The minimum atomic E-state index is -0.360. The zero-order valence-corrected chi connectivity index (χ0v) is 12.1. The van der Waals surface area contributed by atoms with Crippen LogP contribution >= 0.6 is 0 Å². The molecule has 1 aliphatic heterocycles. The van der Waals surface area contributed by atoms with Crippen molar-refractivity contribution in [3.05, 3.63) is 27.9 Å². The van der Waals surface area contributed by atoms with Gasteiger partial charge in [0.2, 0.25) is 5.82 Å². The zero-order chi connectivity index (χ0) is 14.7. The molecule has 1 aromatic rings. The number of nitrogens with zero attached hydrogens (tertiary/aromatic N) is 3. The fourth-order valence-electron chi connectivity index (χ4n) is 2.90. The SMILES string of the molecule is CCC1CCN(c2nc(C)ccc2[N+](=O)[O-])C(CN)C1. The van der Waals surface area contributed by atoms with Gasteiger partial charge in [0.15, 0.2) is 0 Å². The summed E-state index contributed by atoms with van der Waals surface area (Å²) in [6.45, 7) is 5.33. The number of rotatable bonds is 4. The number of aromatic nitrogens is 1. The fraction of sp³-hybridized carbons (Fsp3) is 0.643. The molecular formula is C14H22N4O2. The van der Waals surface area contributed by atoms with Crippen LogP contribution in [-0.2, 0) is 0 Å². The monoisotopic (exact) mass is 278 g/mol. The number of hydrogen-bond acceptors (Lipinski definition) is 5. The van der Waals surface area contributed by atoms with Crippen LogP contribution in [0.25, 0.3) is 0 Å². The van der Waals surface area contributed by atoms with Gasteiger partial charge in [-0.05, 0) is 31.7 Å². The number of pyridine rings is 1. The maximum Gasteiger partial charge on any atom is 0.311 e. The van der Waals surface area contributed by atoms with Gasteiger partial charge < -0.3 is 10.6 Å². The summed E-state index contributed by atoms with van der Waals surface area (Å²) in [4.78, 5) is 17.3. The highest BCUT2D eigenvalue weighted by Gasteiger charge is 2.31. The Morgan fingerprint density at radius 3 is 2.90 bits per heavy atom. The van der Waals surface area contributed by atoms with Crippen LogP contribution < -0.4 is 10.6 Å². The van der Waals surface area contributed by atoms with Gasteiger partial charge in [0.25, 0.3) is 0 Å². The summed E-state index contributed by atoms with van der Waals surface area (Å²) in [5.74, 6) is 1.13. The van der Waals surface area contributed by atoms with Crippen molar-refractivity contribution < 1.29 is 4.92 Å². The second-order valence-corrected chi connectivity index (χ2v) is 5.43. The van der Waals surface area contributed by atoms with E-state index in [9.17, 15) is 10.1 Å². The standard InChI is InChI=1S/C14H22N4O2/c1-3-11-6-7-17(12(8-11)9-15)14-13(18(19)20)5-4-10(2)16-14/h4-5,11-12H,3,6-9,15H2,1-2H3. The van der Waals surface area contributed by atoms with Gasteiger partial charge in [-0.25, -0.2) is 4.98 Å². The lowest BCUT2D eigenvalue weighted by Crippen LogP contribution is -2.47. The van der Waals surface area contributed by atoms with Crippen molar-refractivity contribution in [3.63, 3.8) is 0 Å².